The van der Waals surface area contributed by atoms with Crippen LogP contribution in [0.25, 0.3) is 0 Å². The number of ether oxygens (including phenoxy) is 2. The summed E-state index contributed by atoms with van der Waals surface area (Å²) in [5.41, 5.74) is 3.48. The molecule has 3 aromatic rings. The number of carbonyl (C=O) groups is 4. The summed E-state index contributed by atoms with van der Waals surface area (Å²) in [7, 11) is 0. The maximum absolute atomic E-state index is 12.2. The summed E-state index contributed by atoms with van der Waals surface area (Å²) in [5, 5.41) is 0. The first-order valence-corrected chi connectivity index (χ1v) is 12.6. The van der Waals surface area contributed by atoms with Gasteiger partial charge in [-0.05, 0) is 78.9 Å². The zero-order valence-electron chi connectivity index (χ0n) is 21.8. The molecule has 0 N–H and O–H groups in total. The van der Waals surface area contributed by atoms with Crippen molar-refractivity contribution in [1.82, 2.24) is 0 Å². The number of imide groups is 2. The zero-order valence-corrected chi connectivity index (χ0v) is 21.8. The SMILES string of the molecule is CCc1cc(Oc2cccc(C)c2Oc2ccc(N3C(=O)C=CC3=O)c(CC)c2)ccc1N1C(=O)C=CC1=O. The summed E-state index contributed by atoms with van der Waals surface area (Å²) in [6, 6.07) is 16.0. The van der Waals surface area contributed by atoms with Crippen LogP contribution in [0.15, 0.2) is 78.9 Å². The molecule has 0 aliphatic carbocycles. The topological polar surface area (TPSA) is 93.2 Å². The van der Waals surface area contributed by atoms with E-state index in [1.54, 1.807) is 30.3 Å². The average molecular weight is 523 g/mol. The maximum Gasteiger partial charge on any atom is 0.258 e. The van der Waals surface area contributed by atoms with Gasteiger partial charge in [-0.3, -0.25) is 19.2 Å². The third kappa shape index (κ3) is 4.84. The Hall–Kier alpha value is -4.98. The highest BCUT2D eigenvalue weighted by Crippen LogP contribution is 2.40. The van der Waals surface area contributed by atoms with E-state index in [-0.39, 0.29) is 23.6 Å². The third-order valence-corrected chi connectivity index (χ3v) is 6.59. The molecule has 2 aliphatic rings. The Labute approximate surface area is 225 Å². The molecule has 4 amide bonds. The van der Waals surface area contributed by atoms with Gasteiger partial charge in [0.15, 0.2) is 11.5 Å². The van der Waals surface area contributed by atoms with Crippen LogP contribution in [0.4, 0.5) is 11.4 Å². The van der Waals surface area contributed by atoms with Crippen LogP contribution < -0.4 is 19.3 Å². The molecule has 0 radical (unpaired) electrons. The average Bonchev–Trinajstić information content (AvgIpc) is 3.45. The largest absolute Gasteiger partial charge is 0.453 e. The number of rotatable bonds is 8. The second-order valence-electron chi connectivity index (χ2n) is 9.08. The summed E-state index contributed by atoms with van der Waals surface area (Å²) in [6.45, 7) is 5.79. The van der Waals surface area contributed by atoms with Crippen LogP contribution in [0.1, 0.15) is 30.5 Å². The predicted molar refractivity (Wildman–Crippen MR) is 146 cm³/mol. The van der Waals surface area contributed by atoms with E-state index >= 15 is 0 Å². The van der Waals surface area contributed by atoms with Crippen molar-refractivity contribution in [2.75, 3.05) is 9.80 Å². The van der Waals surface area contributed by atoms with Gasteiger partial charge >= 0.3 is 0 Å². The van der Waals surface area contributed by atoms with E-state index in [4.69, 9.17) is 9.47 Å². The fourth-order valence-electron chi connectivity index (χ4n) is 4.61. The van der Waals surface area contributed by atoms with Crippen LogP contribution in [-0.2, 0) is 32.0 Å². The molecule has 5 rings (SSSR count). The summed E-state index contributed by atoms with van der Waals surface area (Å²) >= 11 is 0. The number of aryl methyl sites for hydroxylation is 3. The number of hydrogen-bond donors (Lipinski definition) is 0. The Kier molecular flexibility index (Phi) is 6.85. The number of benzene rings is 3. The van der Waals surface area contributed by atoms with Gasteiger partial charge in [0.25, 0.3) is 23.6 Å². The van der Waals surface area contributed by atoms with Gasteiger partial charge in [-0.2, -0.15) is 0 Å². The Balaban J connectivity index is 1.43. The Morgan fingerprint density at radius 3 is 1.54 bits per heavy atom. The van der Waals surface area contributed by atoms with E-state index in [2.05, 4.69) is 0 Å². The van der Waals surface area contributed by atoms with Crippen LogP contribution in [0, 0.1) is 6.92 Å². The van der Waals surface area contributed by atoms with Crippen molar-refractivity contribution in [3.05, 3.63) is 95.6 Å². The van der Waals surface area contributed by atoms with Gasteiger partial charge in [-0.15, -0.1) is 0 Å². The Morgan fingerprint density at radius 2 is 1.08 bits per heavy atom. The van der Waals surface area contributed by atoms with Crippen molar-refractivity contribution in [2.24, 2.45) is 0 Å². The van der Waals surface area contributed by atoms with Crippen molar-refractivity contribution in [3.8, 4) is 23.0 Å². The molecule has 196 valence electrons. The van der Waals surface area contributed by atoms with Crippen LogP contribution in [-0.4, -0.2) is 23.6 Å². The molecule has 3 aromatic carbocycles. The molecular formula is C31H26N2O6. The van der Waals surface area contributed by atoms with Crippen molar-refractivity contribution >= 4 is 35.0 Å². The number of anilines is 2. The van der Waals surface area contributed by atoms with Crippen molar-refractivity contribution in [3.63, 3.8) is 0 Å². The van der Waals surface area contributed by atoms with E-state index in [9.17, 15) is 19.2 Å². The monoisotopic (exact) mass is 522 g/mol. The van der Waals surface area contributed by atoms with Crippen LogP contribution in [0.5, 0.6) is 23.0 Å². The predicted octanol–water partition coefficient (Wildman–Crippen LogP) is 5.56. The van der Waals surface area contributed by atoms with Gasteiger partial charge in [0.05, 0.1) is 11.4 Å². The molecule has 2 heterocycles. The first-order chi connectivity index (χ1) is 18.8. The second kappa shape index (κ2) is 10.4. The molecule has 8 heteroatoms. The number of hydrogen-bond acceptors (Lipinski definition) is 6. The normalized spacial score (nSPS) is 14.6. The van der Waals surface area contributed by atoms with E-state index in [0.29, 0.717) is 47.2 Å². The molecule has 0 spiro atoms. The molecule has 0 aromatic heterocycles. The smallest absolute Gasteiger partial charge is 0.258 e. The minimum atomic E-state index is -0.370. The first-order valence-electron chi connectivity index (χ1n) is 12.6. The van der Waals surface area contributed by atoms with Crippen LogP contribution in [0.2, 0.25) is 0 Å². The van der Waals surface area contributed by atoms with Gasteiger partial charge in [-0.1, -0.05) is 26.0 Å². The van der Waals surface area contributed by atoms with Crippen LogP contribution >= 0.6 is 0 Å². The number of amides is 4. The lowest BCUT2D eigenvalue weighted by atomic mass is 10.1. The van der Waals surface area contributed by atoms with Crippen LogP contribution in [0.3, 0.4) is 0 Å². The van der Waals surface area contributed by atoms with Crippen molar-refractivity contribution < 1.29 is 28.7 Å². The standard InChI is InChI=1S/C31H26N2O6/c1-4-20-17-22(9-11-24(20)32-27(34)13-14-28(32)35)38-26-8-6-7-19(3)31(26)39-23-10-12-25(21(5-2)18-23)33-29(36)15-16-30(33)37/h6-18H,4-5H2,1-3H3. The fraction of sp³-hybridized carbons (Fsp3) is 0.161. The van der Waals surface area contributed by atoms with Gasteiger partial charge in [0.2, 0.25) is 0 Å². The van der Waals surface area contributed by atoms with E-state index < -0.39 is 0 Å². The Morgan fingerprint density at radius 1 is 0.615 bits per heavy atom. The summed E-state index contributed by atoms with van der Waals surface area (Å²) < 4.78 is 12.5. The quantitative estimate of drug-likeness (QED) is 0.360. The second-order valence-corrected chi connectivity index (χ2v) is 9.08. The lowest BCUT2D eigenvalue weighted by Gasteiger charge is -2.20. The van der Waals surface area contributed by atoms with Crippen molar-refractivity contribution in [2.45, 2.75) is 33.6 Å². The van der Waals surface area contributed by atoms with Gasteiger partial charge in [-0.25, -0.2) is 9.80 Å². The molecule has 2 aliphatic heterocycles. The van der Waals surface area contributed by atoms with E-state index in [0.717, 1.165) is 26.5 Å². The number of para-hydroxylation sites is 1. The summed E-state index contributed by atoms with van der Waals surface area (Å²) in [6.07, 6.45) is 6.22. The number of nitrogens with zero attached hydrogens (tertiary/aromatic N) is 2. The fourth-order valence-corrected chi connectivity index (χ4v) is 4.61. The molecule has 0 fully saturated rings. The number of carbonyl (C=O) groups excluding carboxylic acids is 4. The van der Waals surface area contributed by atoms with Gasteiger partial charge < -0.3 is 9.47 Å². The highest BCUT2D eigenvalue weighted by molar-refractivity contribution is 6.29. The van der Waals surface area contributed by atoms with E-state index in [1.165, 1.54) is 24.3 Å². The molecule has 8 nitrogen and oxygen atoms in total. The molecular weight excluding hydrogens is 496 g/mol. The third-order valence-electron chi connectivity index (χ3n) is 6.59. The van der Waals surface area contributed by atoms with Gasteiger partial charge in [0.1, 0.15) is 11.5 Å². The summed E-state index contributed by atoms with van der Waals surface area (Å²) in [4.78, 5) is 51.1. The van der Waals surface area contributed by atoms with Gasteiger partial charge in [0, 0.05) is 24.3 Å². The maximum atomic E-state index is 12.2. The molecule has 0 saturated carbocycles. The molecule has 39 heavy (non-hydrogen) atoms. The molecule has 0 unspecified atom stereocenters. The van der Waals surface area contributed by atoms with Crippen molar-refractivity contribution in [1.29, 1.82) is 0 Å². The first kappa shape index (κ1) is 25.7. The minimum absolute atomic E-state index is 0.370. The van der Waals surface area contributed by atoms with E-state index in [1.807, 2.05) is 45.0 Å². The zero-order chi connectivity index (χ0) is 27.7. The molecule has 0 saturated heterocycles. The molecule has 0 atom stereocenters. The lowest BCUT2D eigenvalue weighted by Crippen LogP contribution is -2.30. The minimum Gasteiger partial charge on any atom is -0.453 e. The highest BCUT2D eigenvalue weighted by Gasteiger charge is 2.28. The molecule has 0 bridgehead atoms. The summed E-state index contributed by atoms with van der Waals surface area (Å²) in [5.74, 6) is 0.575. The lowest BCUT2D eigenvalue weighted by molar-refractivity contribution is -0.121. The Bertz CT molecular complexity index is 1550. The highest BCUT2D eigenvalue weighted by atomic mass is 16.5.